The zero-order valence-corrected chi connectivity index (χ0v) is 11.9. The maximum absolute atomic E-state index is 12.3. The number of carbonyl (C=O) groups is 2. The molecule has 1 aromatic heterocycles. The summed E-state index contributed by atoms with van der Waals surface area (Å²) < 4.78 is 0. The number of nitrogen functional groups attached to an aromatic ring is 1. The molecule has 20 heavy (non-hydrogen) atoms. The molecule has 1 saturated heterocycles. The maximum Gasteiger partial charge on any atom is 0.267 e. The summed E-state index contributed by atoms with van der Waals surface area (Å²) in [6.45, 7) is 4.78. The number of amides is 2. The summed E-state index contributed by atoms with van der Waals surface area (Å²) in [5.74, 6) is -0.216. The van der Waals surface area contributed by atoms with Crippen LogP contribution in [0.3, 0.4) is 0 Å². The van der Waals surface area contributed by atoms with Crippen molar-refractivity contribution in [3.8, 4) is 0 Å². The summed E-state index contributed by atoms with van der Waals surface area (Å²) >= 11 is 0. The first-order chi connectivity index (χ1) is 9.25. The second kappa shape index (κ2) is 4.66. The fourth-order valence-electron chi connectivity index (χ4n) is 2.40. The molecule has 7 heteroatoms. The smallest absolute Gasteiger partial charge is 0.267 e. The molecule has 0 aromatic carbocycles. The number of hydrogen-bond acceptors (Lipinski definition) is 5. The maximum atomic E-state index is 12.3. The summed E-state index contributed by atoms with van der Waals surface area (Å²) in [6.07, 6.45) is 0. The largest absolute Gasteiger partial charge is 0.396 e. The highest BCUT2D eigenvalue weighted by atomic mass is 16.2. The van der Waals surface area contributed by atoms with Gasteiger partial charge in [0.25, 0.3) is 5.91 Å². The van der Waals surface area contributed by atoms with E-state index in [0.717, 1.165) is 0 Å². The predicted octanol–water partition coefficient (Wildman–Crippen LogP) is -0.180. The molecule has 0 unspecified atom stereocenters. The van der Waals surface area contributed by atoms with Crippen LogP contribution in [-0.4, -0.2) is 47.4 Å². The van der Waals surface area contributed by atoms with Crippen molar-refractivity contribution in [2.24, 2.45) is 5.73 Å². The lowest BCUT2D eigenvalue weighted by molar-refractivity contribution is -0.136. The predicted molar refractivity (Wildman–Crippen MR) is 76.2 cm³/mol. The standard InChI is InChI=1S/C13H19N5O2/c1-13(2)12(20)17(3)6-7-18(13)11-8(14)4-5-9(16-11)10(15)19/h4-5H,6-7,14H2,1-3H3,(H2,15,19). The van der Waals surface area contributed by atoms with Gasteiger partial charge in [0.2, 0.25) is 5.91 Å². The third-order valence-electron chi connectivity index (χ3n) is 3.62. The Morgan fingerprint density at radius 3 is 2.60 bits per heavy atom. The Kier molecular flexibility index (Phi) is 3.29. The normalized spacial score (nSPS) is 18.2. The van der Waals surface area contributed by atoms with Crippen molar-refractivity contribution in [2.75, 3.05) is 30.8 Å². The van der Waals surface area contributed by atoms with Crippen LogP contribution in [0, 0.1) is 0 Å². The molecule has 1 aliphatic rings. The minimum atomic E-state index is -0.773. The van der Waals surface area contributed by atoms with E-state index >= 15 is 0 Å². The van der Waals surface area contributed by atoms with Gasteiger partial charge in [-0.2, -0.15) is 0 Å². The Morgan fingerprint density at radius 2 is 2.00 bits per heavy atom. The second-order valence-corrected chi connectivity index (χ2v) is 5.41. The van der Waals surface area contributed by atoms with Crippen molar-refractivity contribution >= 4 is 23.3 Å². The highest BCUT2D eigenvalue weighted by Crippen LogP contribution is 2.31. The Balaban J connectivity index is 2.48. The number of nitrogens with two attached hydrogens (primary N) is 2. The van der Waals surface area contributed by atoms with E-state index in [9.17, 15) is 9.59 Å². The van der Waals surface area contributed by atoms with Crippen molar-refractivity contribution in [3.05, 3.63) is 17.8 Å². The molecule has 1 fully saturated rings. The molecule has 7 nitrogen and oxygen atoms in total. The lowest BCUT2D eigenvalue weighted by Crippen LogP contribution is -2.62. The van der Waals surface area contributed by atoms with E-state index in [1.807, 2.05) is 18.7 Å². The van der Waals surface area contributed by atoms with Crippen LogP contribution in [-0.2, 0) is 4.79 Å². The molecule has 0 radical (unpaired) electrons. The Morgan fingerprint density at radius 1 is 1.35 bits per heavy atom. The number of aromatic nitrogens is 1. The summed E-state index contributed by atoms with van der Waals surface area (Å²) in [4.78, 5) is 31.2. The van der Waals surface area contributed by atoms with Gasteiger partial charge in [0.1, 0.15) is 11.2 Å². The van der Waals surface area contributed by atoms with Gasteiger partial charge in [-0.15, -0.1) is 0 Å². The van der Waals surface area contributed by atoms with Crippen LogP contribution in [0.25, 0.3) is 0 Å². The molecule has 0 saturated carbocycles. The molecule has 2 rings (SSSR count). The molecule has 4 N–H and O–H groups in total. The molecular weight excluding hydrogens is 258 g/mol. The molecule has 0 aliphatic carbocycles. The minimum absolute atomic E-state index is 0.0190. The van der Waals surface area contributed by atoms with Gasteiger partial charge in [-0.3, -0.25) is 9.59 Å². The van der Waals surface area contributed by atoms with Crippen molar-refractivity contribution in [1.82, 2.24) is 9.88 Å². The van der Waals surface area contributed by atoms with Crippen LogP contribution >= 0.6 is 0 Å². The van der Waals surface area contributed by atoms with Gasteiger partial charge in [0.05, 0.1) is 5.69 Å². The fraction of sp³-hybridized carbons (Fsp3) is 0.462. The van der Waals surface area contributed by atoms with Gasteiger partial charge in [-0.25, -0.2) is 4.98 Å². The summed E-state index contributed by atoms with van der Waals surface area (Å²) in [6, 6.07) is 3.06. The Labute approximate surface area is 117 Å². The highest BCUT2D eigenvalue weighted by molar-refractivity contribution is 5.94. The third kappa shape index (κ3) is 2.15. The number of likely N-dealkylation sites (N-methyl/N-ethyl adjacent to an activating group) is 1. The number of piperazine rings is 1. The summed E-state index contributed by atoms with van der Waals surface area (Å²) in [7, 11) is 1.76. The molecule has 2 heterocycles. The summed E-state index contributed by atoms with van der Waals surface area (Å²) in [5.41, 5.74) is 11.0. The van der Waals surface area contributed by atoms with E-state index in [1.165, 1.54) is 6.07 Å². The van der Waals surface area contributed by atoms with Gasteiger partial charge >= 0.3 is 0 Å². The second-order valence-electron chi connectivity index (χ2n) is 5.41. The topological polar surface area (TPSA) is 106 Å². The zero-order chi connectivity index (χ0) is 15.1. The van der Waals surface area contributed by atoms with Crippen LogP contribution < -0.4 is 16.4 Å². The Hall–Kier alpha value is -2.31. The molecule has 0 spiro atoms. The van der Waals surface area contributed by atoms with Gasteiger partial charge in [-0.1, -0.05) is 0 Å². The first-order valence-electron chi connectivity index (χ1n) is 6.34. The molecular formula is C13H19N5O2. The van der Waals surface area contributed by atoms with E-state index in [1.54, 1.807) is 18.0 Å². The number of nitrogens with zero attached hydrogens (tertiary/aromatic N) is 3. The average molecular weight is 277 g/mol. The lowest BCUT2D eigenvalue weighted by Gasteiger charge is -2.45. The molecule has 108 valence electrons. The lowest BCUT2D eigenvalue weighted by atomic mass is 9.97. The molecule has 1 aromatic rings. The van der Waals surface area contributed by atoms with Crippen LogP contribution in [0.1, 0.15) is 24.3 Å². The van der Waals surface area contributed by atoms with Crippen molar-refractivity contribution in [3.63, 3.8) is 0 Å². The number of anilines is 2. The number of pyridine rings is 1. The van der Waals surface area contributed by atoms with E-state index in [-0.39, 0.29) is 11.6 Å². The molecule has 0 atom stereocenters. The number of hydrogen-bond donors (Lipinski definition) is 2. The Bertz CT molecular complexity index is 570. The van der Waals surface area contributed by atoms with Crippen molar-refractivity contribution in [2.45, 2.75) is 19.4 Å². The summed E-state index contributed by atoms with van der Waals surface area (Å²) in [5, 5.41) is 0. The first kappa shape index (κ1) is 14.1. The number of primary amides is 1. The molecule has 0 bridgehead atoms. The van der Waals surface area contributed by atoms with Gasteiger partial charge in [0.15, 0.2) is 5.82 Å². The van der Waals surface area contributed by atoms with Crippen LogP contribution in [0.2, 0.25) is 0 Å². The fourth-order valence-corrected chi connectivity index (χ4v) is 2.40. The molecule has 2 amide bonds. The first-order valence-corrected chi connectivity index (χ1v) is 6.34. The van der Waals surface area contributed by atoms with Crippen LogP contribution in [0.4, 0.5) is 11.5 Å². The van der Waals surface area contributed by atoms with Gasteiger partial charge in [0, 0.05) is 20.1 Å². The van der Waals surface area contributed by atoms with Crippen molar-refractivity contribution in [1.29, 1.82) is 0 Å². The zero-order valence-electron chi connectivity index (χ0n) is 11.9. The molecule has 1 aliphatic heterocycles. The monoisotopic (exact) mass is 277 g/mol. The van der Waals surface area contributed by atoms with E-state index in [0.29, 0.717) is 24.6 Å². The number of carbonyl (C=O) groups excluding carboxylic acids is 2. The quantitative estimate of drug-likeness (QED) is 0.780. The SMILES string of the molecule is CN1CCN(c2nc(C(N)=O)ccc2N)C(C)(C)C1=O. The van der Waals surface area contributed by atoms with E-state index in [2.05, 4.69) is 4.98 Å². The van der Waals surface area contributed by atoms with Crippen LogP contribution in [0.15, 0.2) is 12.1 Å². The third-order valence-corrected chi connectivity index (χ3v) is 3.62. The average Bonchev–Trinajstić information content (AvgIpc) is 2.37. The van der Waals surface area contributed by atoms with Crippen molar-refractivity contribution < 1.29 is 9.59 Å². The minimum Gasteiger partial charge on any atom is -0.396 e. The van der Waals surface area contributed by atoms with Crippen LogP contribution in [0.5, 0.6) is 0 Å². The van der Waals surface area contributed by atoms with Gasteiger partial charge in [-0.05, 0) is 26.0 Å². The van der Waals surface area contributed by atoms with Gasteiger partial charge < -0.3 is 21.3 Å². The highest BCUT2D eigenvalue weighted by Gasteiger charge is 2.41. The van der Waals surface area contributed by atoms with E-state index in [4.69, 9.17) is 11.5 Å². The van der Waals surface area contributed by atoms with E-state index < -0.39 is 11.4 Å². The number of rotatable bonds is 2.